The zero-order valence-corrected chi connectivity index (χ0v) is 24.1. The fourth-order valence-electron chi connectivity index (χ4n) is 4.10. The smallest absolute Gasteiger partial charge is 0.263 e. The number of anilines is 1. The SMILES string of the molecule is CCCCN1/C(=C/C(=C/c2sc3ccc(Cl)cc3[n+]2CCCS(=O)(=O)[O-])CC)Sc2ccc(Cl)cc21. The van der Waals surface area contributed by atoms with Crippen LogP contribution in [0.15, 0.2) is 58.0 Å². The summed E-state index contributed by atoms with van der Waals surface area (Å²) in [6.45, 7) is 5.65. The number of rotatable bonds is 10. The van der Waals surface area contributed by atoms with Crippen molar-refractivity contribution in [1.29, 1.82) is 0 Å². The average Bonchev–Trinajstić information content (AvgIpc) is 3.33. The van der Waals surface area contributed by atoms with Crippen LogP contribution >= 0.6 is 46.3 Å². The van der Waals surface area contributed by atoms with Gasteiger partial charge in [-0.05, 0) is 54.8 Å². The molecule has 5 nitrogen and oxygen atoms in total. The molecule has 1 aliphatic rings. The molecule has 0 unspecified atom stereocenters. The summed E-state index contributed by atoms with van der Waals surface area (Å²) < 4.78 is 36.7. The van der Waals surface area contributed by atoms with Crippen molar-refractivity contribution in [2.24, 2.45) is 0 Å². The summed E-state index contributed by atoms with van der Waals surface area (Å²) in [5, 5.41) is 3.51. The molecule has 3 aromatic rings. The Morgan fingerprint density at radius 3 is 2.58 bits per heavy atom. The van der Waals surface area contributed by atoms with Gasteiger partial charge >= 0.3 is 0 Å². The standard InChI is InChI=1S/C26H28Cl2N2O3S3/c1-3-5-11-29-21-16-19(27)7-9-23(21)34-25(29)14-18(4-2)15-26-30(12-6-13-36(31,32)33)22-17-20(28)8-10-24(22)35-26/h7-10,14-17H,3-6,11-13H2,1-2H3. The summed E-state index contributed by atoms with van der Waals surface area (Å²) in [4.78, 5) is 3.54. The zero-order valence-electron chi connectivity index (χ0n) is 20.2. The molecule has 0 fully saturated rings. The monoisotopic (exact) mass is 582 g/mol. The van der Waals surface area contributed by atoms with Crippen LogP contribution in [0.4, 0.5) is 5.69 Å². The highest BCUT2D eigenvalue weighted by atomic mass is 35.5. The Morgan fingerprint density at radius 2 is 1.86 bits per heavy atom. The lowest BCUT2D eigenvalue weighted by molar-refractivity contribution is -0.668. The van der Waals surface area contributed by atoms with E-state index in [1.54, 1.807) is 23.1 Å². The molecule has 1 aromatic heterocycles. The number of halogens is 2. The average molecular weight is 584 g/mol. The Morgan fingerprint density at radius 1 is 1.11 bits per heavy atom. The Hall–Kier alpha value is -1.55. The van der Waals surface area contributed by atoms with Gasteiger partial charge in [0.25, 0.3) is 5.01 Å². The Labute approximate surface area is 231 Å². The summed E-state index contributed by atoms with van der Waals surface area (Å²) in [7, 11) is -4.27. The Bertz CT molecular complexity index is 1430. The van der Waals surface area contributed by atoms with Crippen LogP contribution in [0.25, 0.3) is 16.3 Å². The Balaban J connectivity index is 1.72. The molecule has 0 spiro atoms. The van der Waals surface area contributed by atoms with Gasteiger partial charge in [0.15, 0.2) is 6.54 Å². The second kappa shape index (κ2) is 11.9. The maximum absolute atomic E-state index is 11.2. The van der Waals surface area contributed by atoms with E-state index < -0.39 is 15.9 Å². The largest absolute Gasteiger partial charge is 0.748 e. The molecule has 10 heteroatoms. The van der Waals surface area contributed by atoms with Gasteiger partial charge in [-0.3, -0.25) is 0 Å². The number of thiazole rings is 1. The third-order valence-corrected chi connectivity index (χ3v) is 9.41. The van der Waals surface area contributed by atoms with E-state index in [1.165, 1.54) is 9.92 Å². The first-order chi connectivity index (χ1) is 17.2. The maximum Gasteiger partial charge on any atom is 0.263 e. The molecule has 36 heavy (non-hydrogen) atoms. The first-order valence-electron chi connectivity index (χ1n) is 11.9. The van der Waals surface area contributed by atoms with Crippen molar-refractivity contribution in [3.63, 3.8) is 0 Å². The van der Waals surface area contributed by atoms with Crippen LogP contribution in [-0.4, -0.2) is 25.3 Å². The van der Waals surface area contributed by atoms with Crippen molar-refractivity contribution < 1.29 is 17.5 Å². The van der Waals surface area contributed by atoms with E-state index in [0.29, 0.717) is 11.6 Å². The molecular formula is C26H28Cl2N2O3S3. The van der Waals surface area contributed by atoms with Crippen LogP contribution in [-0.2, 0) is 16.7 Å². The number of aromatic nitrogens is 1. The van der Waals surface area contributed by atoms with Crippen LogP contribution < -0.4 is 9.47 Å². The minimum Gasteiger partial charge on any atom is -0.748 e. The molecule has 0 saturated carbocycles. The lowest BCUT2D eigenvalue weighted by Crippen LogP contribution is -2.36. The van der Waals surface area contributed by atoms with Crippen LogP contribution in [0.2, 0.25) is 10.0 Å². The number of aryl methyl sites for hydroxylation is 1. The van der Waals surface area contributed by atoms with Crippen LogP contribution in [0.3, 0.4) is 0 Å². The maximum atomic E-state index is 11.2. The summed E-state index contributed by atoms with van der Waals surface area (Å²) >= 11 is 16.0. The Kier molecular flexibility index (Phi) is 9.07. The molecule has 192 valence electrons. The topological polar surface area (TPSA) is 64.3 Å². The highest BCUT2D eigenvalue weighted by Crippen LogP contribution is 2.47. The molecule has 2 heterocycles. The predicted octanol–water partition coefficient (Wildman–Crippen LogP) is 7.48. The van der Waals surface area contributed by atoms with Gasteiger partial charge in [0.1, 0.15) is 4.70 Å². The molecule has 0 saturated heterocycles. The third-order valence-electron chi connectivity index (χ3n) is 5.92. The molecule has 0 radical (unpaired) electrons. The van der Waals surface area contributed by atoms with E-state index in [9.17, 15) is 13.0 Å². The van der Waals surface area contributed by atoms with Gasteiger partial charge in [0.2, 0.25) is 5.52 Å². The van der Waals surface area contributed by atoms with Gasteiger partial charge in [0, 0.05) is 45.8 Å². The predicted molar refractivity (Wildman–Crippen MR) is 152 cm³/mol. The number of nitrogens with zero attached hydrogens (tertiary/aromatic N) is 2. The van der Waals surface area contributed by atoms with Gasteiger partial charge in [-0.2, -0.15) is 4.57 Å². The third kappa shape index (κ3) is 6.65. The number of hydrogen-bond acceptors (Lipinski definition) is 6. The van der Waals surface area contributed by atoms with Gasteiger partial charge in [0.05, 0.1) is 20.8 Å². The van der Waals surface area contributed by atoms with Crippen molar-refractivity contribution in [3.05, 3.63) is 68.1 Å². The van der Waals surface area contributed by atoms with E-state index in [1.807, 2.05) is 30.3 Å². The lowest BCUT2D eigenvalue weighted by Gasteiger charge is -2.20. The number of fused-ring (bicyclic) bond motifs is 2. The van der Waals surface area contributed by atoms with Crippen LogP contribution in [0.1, 0.15) is 44.5 Å². The number of unbranched alkanes of at least 4 members (excludes halogenated alkanes) is 1. The normalized spacial score (nSPS) is 15.3. The minimum atomic E-state index is -4.27. The van der Waals surface area contributed by atoms with Crippen molar-refractivity contribution in [2.45, 2.75) is 51.0 Å². The first-order valence-corrected chi connectivity index (χ1v) is 15.9. The van der Waals surface area contributed by atoms with E-state index >= 15 is 0 Å². The zero-order chi connectivity index (χ0) is 25.9. The van der Waals surface area contributed by atoms with Crippen molar-refractivity contribution in [1.82, 2.24) is 0 Å². The highest BCUT2D eigenvalue weighted by molar-refractivity contribution is 8.03. The van der Waals surface area contributed by atoms with E-state index in [-0.39, 0.29) is 6.42 Å². The summed E-state index contributed by atoms with van der Waals surface area (Å²) in [5.41, 5.74) is 3.24. The lowest BCUT2D eigenvalue weighted by atomic mass is 10.2. The first kappa shape index (κ1) is 27.5. The fourth-order valence-corrected chi connectivity index (χ4v) is 7.21. The van der Waals surface area contributed by atoms with E-state index in [0.717, 1.165) is 57.3 Å². The van der Waals surface area contributed by atoms with Crippen molar-refractivity contribution in [2.75, 3.05) is 17.2 Å². The van der Waals surface area contributed by atoms with Crippen molar-refractivity contribution >= 4 is 78.4 Å². The summed E-state index contributed by atoms with van der Waals surface area (Å²) in [5.74, 6) is -0.393. The van der Waals surface area contributed by atoms with Gasteiger partial charge in [-0.25, -0.2) is 8.42 Å². The molecule has 0 amide bonds. The molecule has 0 N–H and O–H groups in total. The second-order valence-electron chi connectivity index (χ2n) is 8.59. The summed E-state index contributed by atoms with van der Waals surface area (Å²) in [6.07, 6.45) is 7.64. The second-order valence-corrected chi connectivity index (χ2v) is 13.1. The molecule has 4 rings (SSSR count). The van der Waals surface area contributed by atoms with E-state index in [4.69, 9.17) is 23.2 Å². The van der Waals surface area contributed by atoms with Gasteiger partial charge < -0.3 is 9.45 Å². The number of allylic oxidation sites excluding steroid dienone is 2. The van der Waals surface area contributed by atoms with Crippen molar-refractivity contribution in [3.8, 4) is 0 Å². The number of hydrogen-bond donors (Lipinski definition) is 0. The molecular weight excluding hydrogens is 555 g/mol. The highest BCUT2D eigenvalue weighted by Gasteiger charge is 2.26. The molecule has 0 aliphatic carbocycles. The fraction of sp³-hybridized carbons (Fsp3) is 0.346. The molecule has 2 aromatic carbocycles. The quantitative estimate of drug-likeness (QED) is 0.183. The molecule has 0 atom stereocenters. The molecule has 0 bridgehead atoms. The van der Waals surface area contributed by atoms with Crippen LogP contribution in [0, 0.1) is 0 Å². The minimum absolute atomic E-state index is 0.245. The number of benzene rings is 2. The molecule has 1 aliphatic heterocycles. The van der Waals surface area contributed by atoms with E-state index in [2.05, 4.69) is 41.5 Å². The van der Waals surface area contributed by atoms with Gasteiger partial charge in [-0.15, -0.1) is 0 Å². The van der Waals surface area contributed by atoms with Gasteiger partial charge in [-0.1, -0.05) is 66.6 Å². The summed E-state index contributed by atoms with van der Waals surface area (Å²) in [6, 6.07) is 11.8. The number of thioether (sulfide) groups is 1. The van der Waals surface area contributed by atoms with Crippen LogP contribution in [0.5, 0.6) is 0 Å².